The van der Waals surface area contributed by atoms with Crippen molar-refractivity contribution in [3.8, 4) is 6.07 Å². The van der Waals surface area contributed by atoms with Crippen molar-refractivity contribution in [2.24, 2.45) is 0 Å². The second-order valence-corrected chi connectivity index (χ2v) is 9.14. The number of aromatic nitrogens is 2. The summed E-state index contributed by atoms with van der Waals surface area (Å²) in [4.78, 5) is 5.16. The lowest BCUT2D eigenvalue weighted by Gasteiger charge is -2.39. The van der Waals surface area contributed by atoms with E-state index in [1.54, 1.807) is 0 Å². The first kappa shape index (κ1) is 20.7. The van der Waals surface area contributed by atoms with Gasteiger partial charge < -0.3 is 10.2 Å². The lowest BCUT2D eigenvalue weighted by molar-refractivity contribution is 0.231. The zero-order chi connectivity index (χ0) is 22.2. The number of piperazine rings is 1. The summed E-state index contributed by atoms with van der Waals surface area (Å²) in [7, 11) is 0. The number of nitriles is 1. The summed E-state index contributed by atoms with van der Waals surface area (Å²) in [5.41, 5.74) is 5.02. The SMILES string of the molecule is Cc1c(C#N)cccc1[C@@H](C)Nc1nnc(C)c2ccc(N3CCN4CCC[C@@H]4C3)cc12. The predicted octanol–water partition coefficient (Wildman–Crippen LogP) is 4.58. The van der Waals surface area contributed by atoms with Crippen molar-refractivity contribution in [2.45, 2.75) is 45.7 Å². The Bertz CT molecular complexity index is 1200. The van der Waals surface area contributed by atoms with Crippen LogP contribution in [0.2, 0.25) is 0 Å². The van der Waals surface area contributed by atoms with E-state index in [1.165, 1.54) is 25.1 Å². The summed E-state index contributed by atoms with van der Waals surface area (Å²) in [5.74, 6) is 0.793. The standard InChI is InChI=1S/C26H30N6/c1-17-20(15-27)6-4-8-23(17)18(2)28-26-25-14-21(9-10-24(25)19(3)29-30-26)32-13-12-31-11-5-7-22(31)16-32/h4,6,8-10,14,18,22H,5,7,11-13,16H2,1-3H3,(H,28,30)/t18-,22-/m1/s1. The number of rotatable bonds is 4. The Kier molecular flexibility index (Phi) is 5.44. The van der Waals surface area contributed by atoms with E-state index in [4.69, 9.17) is 0 Å². The molecular weight excluding hydrogens is 396 g/mol. The van der Waals surface area contributed by atoms with Crippen molar-refractivity contribution in [3.63, 3.8) is 0 Å². The number of hydrogen-bond acceptors (Lipinski definition) is 6. The Balaban J connectivity index is 1.47. The zero-order valence-corrected chi connectivity index (χ0v) is 19.1. The smallest absolute Gasteiger partial charge is 0.157 e. The van der Waals surface area contributed by atoms with Crippen LogP contribution in [0.3, 0.4) is 0 Å². The minimum atomic E-state index is 0.00851. The topological polar surface area (TPSA) is 68.1 Å². The van der Waals surface area contributed by atoms with Gasteiger partial charge in [-0.1, -0.05) is 18.2 Å². The van der Waals surface area contributed by atoms with Crippen LogP contribution in [0.25, 0.3) is 10.8 Å². The Morgan fingerprint density at radius 3 is 2.81 bits per heavy atom. The quantitative estimate of drug-likeness (QED) is 0.659. The molecule has 1 N–H and O–H groups in total. The molecule has 2 atom stereocenters. The van der Waals surface area contributed by atoms with Crippen LogP contribution in [0.15, 0.2) is 36.4 Å². The molecule has 2 fully saturated rings. The Morgan fingerprint density at radius 1 is 1.09 bits per heavy atom. The van der Waals surface area contributed by atoms with E-state index in [1.807, 2.05) is 26.0 Å². The van der Waals surface area contributed by atoms with Gasteiger partial charge in [-0.3, -0.25) is 4.90 Å². The third-order valence-corrected chi connectivity index (χ3v) is 7.22. The van der Waals surface area contributed by atoms with Gasteiger partial charge in [0.25, 0.3) is 0 Å². The van der Waals surface area contributed by atoms with Gasteiger partial charge in [-0.15, -0.1) is 5.10 Å². The molecule has 6 heteroatoms. The molecule has 0 radical (unpaired) electrons. The molecule has 1 aromatic heterocycles. The van der Waals surface area contributed by atoms with Gasteiger partial charge in [0.1, 0.15) is 0 Å². The molecule has 2 saturated heterocycles. The highest BCUT2D eigenvalue weighted by atomic mass is 15.3. The predicted molar refractivity (Wildman–Crippen MR) is 129 cm³/mol. The van der Waals surface area contributed by atoms with E-state index in [-0.39, 0.29) is 6.04 Å². The van der Waals surface area contributed by atoms with Gasteiger partial charge in [0.05, 0.1) is 23.4 Å². The molecule has 0 spiro atoms. The molecule has 5 rings (SSSR count). The minimum Gasteiger partial charge on any atom is -0.369 e. The van der Waals surface area contributed by atoms with Crippen molar-refractivity contribution in [1.82, 2.24) is 15.1 Å². The molecule has 164 valence electrons. The summed E-state index contributed by atoms with van der Waals surface area (Å²) >= 11 is 0. The van der Waals surface area contributed by atoms with Gasteiger partial charge in [0, 0.05) is 42.1 Å². The maximum absolute atomic E-state index is 9.40. The second-order valence-electron chi connectivity index (χ2n) is 9.14. The Labute approximate surface area is 189 Å². The first-order chi connectivity index (χ1) is 15.5. The van der Waals surface area contributed by atoms with E-state index < -0.39 is 0 Å². The average molecular weight is 427 g/mol. The fraction of sp³-hybridized carbons (Fsp3) is 0.423. The summed E-state index contributed by atoms with van der Waals surface area (Å²) in [5, 5.41) is 24.1. The molecule has 0 bridgehead atoms. The van der Waals surface area contributed by atoms with Gasteiger partial charge in [0.15, 0.2) is 5.82 Å². The van der Waals surface area contributed by atoms with Crippen LogP contribution in [-0.2, 0) is 0 Å². The number of aryl methyl sites for hydroxylation is 1. The number of fused-ring (bicyclic) bond motifs is 2. The number of nitrogens with one attached hydrogen (secondary N) is 1. The summed E-state index contributed by atoms with van der Waals surface area (Å²) in [6.07, 6.45) is 2.63. The van der Waals surface area contributed by atoms with Crippen LogP contribution in [0.5, 0.6) is 0 Å². The van der Waals surface area contributed by atoms with Crippen molar-refractivity contribution >= 4 is 22.3 Å². The van der Waals surface area contributed by atoms with E-state index in [2.05, 4.69) is 62.6 Å². The monoisotopic (exact) mass is 426 g/mol. The molecular formula is C26H30N6. The fourth-order valence-corrected chi connectivity index (χ4v) is 5.33. The molecule has 2 aliphatic rings. The number of nitrogens with zero attached hydrogens (tertiary/aromatic N) is 5. The third-order valence-electron chi connectivity index (χ3n) is 7.22. The summed E-state index contributed by atoms with van der Waals surface area (Å²) in [6.45, 7) is 10.7. The molecule has 2 aromatic carbocycles. The van der Waals surface area contributed by atoms with Crippen LogP contribution in [0.4, 0.5) is 11.5 Å². The van der Waals surface area contributed by atoms with E-state index in [0.29, 0.717) is 11.6 Å². The summed E-state index contributed by atoms with van der Waals surface area (Å²) < 4.78 is 0. The summed E-state index contributed by atoms with van der Waals surface area (Å²) in [6, 6.07) is 15.6. The van der Waals surface area contributed by atoms with Gasteiger partial charge >= 0.3 is 0 Å². The lowest BCUT2D eigenvalue weighted by atomic mass is 9.98. The molecule has 0 saturated carbocycles. The largest absolute Gasteiger partial charge is 0.369 e. The lowest BCUT2D eigenvalue weighted by Crippen LogP contribution is -2.50. The third kappa shape index (κ3) is 3.67. The Hall–Kier alpha value is -3.17. The van der Waals surface area contributed by atoms with Crippen LogP contribution in [0, 0.1) is 25.2 Å². The minimum absolute atomic E-state index is 0.00851. The van der Waals surface area contributed by atoms with E-state index >= 15 is 0 Å². The average Bonchev–Trinajstić information content (AvgIpc) is 3.29. The van der Waals surface area contributed by atoms with Gasteiger partial charge in [-0.05, 0) is 69.5 Å². The fourth-order valence-electron chi connectivity index (χ4n) is 5.33. The van der Waals surface area contributed by atoms with Gasteiger partial charge in [0.2, 0.25) is 0 Å². The van der Waals surface area contributed by atoms with Gasteiger partial charge in [-0.25, -0.2) is 0 Å². The molecule has 3 heterocycles. The van der Waals surface area contributed by atoms with Crippen LogP contribution >= 0.6 is 0 Å². The van der Waals surface area contributed by atoms with Gasteiger partial charge in [-0.2, -0.15) is 10.4 Å². The van der Waals surface area contributed by atoms with Crippen molar-refractivity contribution in [1.29, 1.82) is 5.26 Å². The van der Waals surface area contributed by atoms with E-state index in [9.17, 15) is 5.26 Å². The highest BCUT2D eigenvalue weighted by molar-refractivity contribution is 5.95. The van der Waals surface area contributed by atoms with Crippen LogP contribution in [0.1, 0.15) is 48.2 Å². The maximum atomic E-state index is 9.40. The second kappa shape index (κ2) is 8.40. The highest BCUT2D eigenvalue weighted by Crippen LogP contribution is 2.32. The molecule has 3 aromatic rings. The van der Waals surface area contributed by atoms with Crippen molar-refractivity contribution < 1.29 is 0 Å². The molecule has 0 aliphatic carbocycles. The molecule has 6 nitrogen and oxygen atoms in total. The number of benzene rings is 2. The van der Waals surface area contributed by atoms with Crippen LogP contribution < -0.4 is 10.2 Å². The molecule has 0 unspecified atom stereocenters. The number of hydrogen-bond donors (Lipinski definition) is 1. The first-order valence-electron chi connectivity index (χ1n) is 11.6. The van der Waals surface area contributed by atoms with Crippen molar-refractivity contribution in [3.05, 3.63) is 58.8 Å². The van der Waals surface area contributed by atoms with Crippen LogP contribution in [-0.4, -0.2) is 47.3 Å². The highest BCUT2D eigenvalue weighted by Gasteiger charge is 2.30. The first-order valence-corrected chi connectivity index (χ1v) is 11.6. The van der Waals surface area contributed by atoms with Crippen molar-refractivity contribution in [2.75, 3.05) is 36.4 Å². The molecule has 2 aliphatic heterocycles. The molecule has 32 heavy (non-hydrogen) atoms. The number of anilines is 2. The Morgan fingerprint density at radius 2 is 1.97 bits per heavy atom. The van der Waals surface area contributed by atoms with E-state index in [0.717, 1.165) is 53.0 Å². The molecule has 0 amide bonds. The maximum Gasteiger partial charge on any atom is 0.157 e. The normalized spacial score (nSPS) is 19.6. The zero-order valence-electron chi connectivity index (χ0n) is 19.1.